The summed E-state index contributed by atoms with van der Waals surface area (Å²) in [6.07, 6.45) is 0. The van der Waals surface area contributed by atoms with E-state index < -0.39 is 5.63 Å². The molecule has 0 aliphatic carbocycles. The second kappa shape index (κ2) is 8.27. The van der Waals surface area contributed by atoms with Gasteiger partial charge in [-0.3, -0.25) is 9.69 Å². The maximum Gasteiger partial charge on any atom is 0.349 e. The van der Waals surface area contributed by atoms with E-state index in [9.17, 15) is 9.59 Å². The molecule has 1 aliphatic rings. The van der Waals surface area contributed by atoms with Crippen molar-refractivity contribution in [2.24, 2.45) is 0 Å². The van der Waals surface area contributed by atoms with E-state index in [2.05, 4.69) is 17.0 Å². The SMILES string of the molecule is COc1cc(Cl)cc2cc(C(=O)N3CCN(Cc4ccccc4)CC3)c(=O)oc12. The molecule has 150 valence electrons. The van der Waals surface area contributed by atoms with E-state index in [4.69, 9.17) is 20.8 Å². The summed E-state index contributed by atoms with van der Waals surface area (Å²) in [6.45, 7) is 3.46. The standard InChI is InChI=1S/C22H21ClN2O4/c1-28-19-13-17(23)11-16-12-18(22(27)29-20(16)19)21(26)25-9-7-24(8-10-25)14-15-5-3-2-4-6-15/h2-6,11-13H,7-10,14H2,1H3. The fourth-order valence-electron chi connectivity index (χ4n) is 3.59. The van der Waals surface area contributed by atoms with Crippen LogP contribution in [0.1, 0.15) is 15.9 Å². The number of hydrogen-bond donors (Lipinski definition) is 0. The van der Waals surface area contributed by atoms with Crippen molar-refractivity contribution >= 4 is 28.5 Å². The van der Waals surface area contributed by atoms with E-state index in [0.29, 0.717) is 29.2 Å². The zero-order valence-corrected chi connectivity index (χ0v) is 16.8. The minimum absolute atomic E-state index is 0.0123. The number of ether oxygens (including phenoxy) is 1. The quantitative estimate of drug-likeness (QED) is 0.614. The fourth-order valence-corrected chi connectivity index (χ4v) is 3.81. The van der Waals surface area contributed by atoms with Crippen molar-refractivity contribution in [3.05, 3.63) is 75.1 Å². The molecule has 1 saturated heterocycles. The van der Waals surface area contributed by atoms with Crippen molar-refractivity contribution in [2.45, 2.75) is 6.54 Å². The maximum absolute atomic E-state index is 13.0. The minimum atomic E-state index is -0.671. The number of halogens is 1. The van der Waals surface area contributed by atoms with E-state index in [0.717, 1.165) is 19.6 Å². The molecule has 1 amide bonds. The third kappa shape index (κ3) is 4.13. The van der Waals surface area contributed by atoms with Gasteiger partial charge in [0.1, 0.15) is 5.56 Å². The third-order valence-corrected chi connectivity index (χ3v) is 5.34. The van der Waals surface area contributed by atoms with Gasteiger partial charge in [-0.2, -0.15) is 0 Å². The van der Waals surface area contributed by atoms with Crippen LogP contribution in [-0.4, -0.2) is 49.0 Å². The van der Waals surface area contributed by atoms with E-state index in [1.165, 1.54) is 18.7 Å². The molecule has 0 unspecified atom stereocenters. The Balaban J connectivity index is 1.51. The van der Waals surface area contributed by atoms with Crippen LogP contribution in [0.2, 0.25) is 5.02 Å². The molecule has 6 nitrogen and oxygen atoms in total. The molecule has 0 bridgehead atoms. The lowest BCUT2D eigenvalue weighted by molar-refractivity contribution is 0.0624. The molecule has 1 fully saturated rings. The highest BCUT2D eigenvalue weighted by atomic mass is 35.5. The van der Waals surface area contributed by atoms with Crippen LogP contribution in [0.25, 0.3) is 11.0 Å². The first-order valence-corrected chi connectivity index (χ1v) is 9.80. The predicted molar refractivity (Wildman–Crippen MR) is 112 cm³/mol. The minimum Gasteiger partial charge on any atom is -0.493 e. The molecule has 1 aliphatic heterocycles. The predicted octanol–water partition coefficient (Wildman–Crippen LogP) is 3.41. The first kappa shape index (κ1) is 19.5. The smallest absolute Gasteiger partial charge is 0.349 e. The van der Waals surface area contributed by atoms with Gasteiger partial charge >= 0.3 is 5.63 Å². The van der Waals surface area contributed by atoms with Crippen molar-refractivity contribution < 1.29 is 13.9 Å². The molecule has 7 heteroatoms. The topological polar surface area (TPSA) is 63.0 Å². The Hall–Kier alpha value is -2.83. The average molecular weight is 413 g/mol. The van der Waals surface area contributed by atoms with Gasteiger partial charge in [0.05, 0.1) is 7.11 Å². The lowest BCUT2D eigenvalue weighted by Gasteiger charge is -2.34. The Morgan fingerprint density at radius 2 is 1.83 bits per heavy atom. The van der Waals surface area contributed by atoms with Gasteiger partial charge in [0.25, 0.3) is 5.91 Å². The number of piperazine rings is 1. The summed E-state index contributed by atoms with van der Waals surface area (Å²) in [7, 11) is 1.47. The number of rotatable bonds is 4. The highest BCUT2D eigenvalue weighted by molar-refractivity contribution is 6.31. The van der Waals surface area contributed by atoms with Crippen LogP contribution in [0.4, 0.5) is 0 Å². The Morgan fingerprint density at radius 3 is 2.52 bits per heavy atom. The van der Waals surface area contributed by atoms with Crippen LogP contribution >= 0.6 is 11.6 Å². The van der Waals surface area contributed by atoms with Gasteiger partial charge in [0.2, 0.25) is 0 Å². The summed E-state index contributed by atoms with van der Waals surface area (Å²) < 4.78 is 10.6. The average Bonchev–Trinajstić information content (AvgIpc) is 2.74. The van der Waals surface area contributed by atoms with Gasteiger partial charge in [-0.05, 0) is 17.7 Å². The summed E-state index contributed by atoms with van der Waals surface area (Å²) in [5.41, 5.74) is 0.868. The van der Waals surface area contributed by atoms with Crippen molar-refractivity contribution in [3.63, 3.8) is 0 Å². The van der Waals surface area contributed by atoms with Gasteiger partial charge in [-0.15, -0.1) is 0 Å². The van der Waals surface area contributed by atoms with Gasteiger partial charge in [-0.1, -0.05) is 41.9 Å². The summed E-state index contributed by atoms with van der Waals surface area (Å²) in [5.74, 6) is 0.0390. The van der Waals surface area contributed by atoms with Crippen molar-refractivity contribution in [3.8, 4) is 5.75 Å². The highest BCUT2D eigenvalue weighted by Gasteiger charge is 2.25. The van der Waals surface area contributed by atoms with Gasteiger partial charge < -0.3 is 14.1 Å². The van der Waals surface area contributed by atoms with Crippen LogP contribution < -0.4 is 10.4 Å². The number of carbonyl (C=O) groups excluding carboxylic acids is 1. The zero-order valence-electron chi connectivity index (χ0n) is 16.1. The molecule has 0 N–H and O–H groups in total. The van der Waals surface area contributed by atoms with Gasteiger partial charge in [0, 0.05) is 49.2 Å². The zero-order chi connectivity index (χ0) is 20.4. The number of methoxy groups -OCH3 is 1. The number of benzene rings is 2. The van der Waals surface area contributed by atoms with Crippen molar-refractivity contribution in [1.82, 2.24) is 9.80 Å². The molecule has 1 aromatic heterocycles. The van der Waals surface area contributed by atoms with E-state index in [1.54, 1.807) is 17.0 Å². The van der Waals surface area contributed by atoms with Crippen molar-refractivity contribution in [1.29, 1.82) is 0 Å². The summed E-state index contributed by atoms with van der Waals surface area (Å²) in [6, 6.07) is 15.0. The number of carbonyl (C=O) groups is 1. The number of fused-ring (bicyclic) bond motifs is 1. The van der Waals surface area contributed by atoms with E-state index in [-0.39, 0.29) is 17.1 Å². The molecule has 29 heavy (non-hydrogen) atoms. The molecule has 0 saturated carbocycles. The molecule has 4 rings (SSSR count). The molecular formula is C22H21ClN2O4. The first-order valence-electron chi connectivity index (χ1n) is 9.42. The number of amides is 1. The largest absolute Gasteiger partial charge is 0.493 e. The number of nitrogens with zero attached hydrogens (tertiary/aromatic N) is 2. The Kier molecular flexibility index (Phi) is 5.56. The summed E-state index contributed by atoms with van der Waals surface area (Å²) in [4.78, 5) is 29.4. The van der Waals surface area contributed by atoms with Crippen LogP contribution in [0.15, 0.2) is 57.7 Å². The lowest BCUT2D eigenvalue weighted by Crippen LogP contribution is -2.49. The normalized spacial score (nSPS) is 14.9. The second-order valence-electron chi connectivity index (χ2n) is 7.03. The van der Waals surface area contributed by atoms with Crippen molar-refractivity contribution in [2.75, 3.05) is 33.3 Å². The molecular weight excluding hydrogens is 392 g/mol. The second-order valence-corrected chi connectivity index (χ2v) is 7.46. The maximum atomic E-state index is 13.0. The molecule has 0 atom stereocenters. The Labute approximate surface area is 173 Å². The van der Waals surface area contributed by atoms with Crippen LogP contribution in [-0.2, 0) is 6.54 Å². The fraction of sp³-hybridized carbons (Fsp3) is 0.273. The van der Waals surface area contributed by atoms with E-state index in [1.807, 2.05) is 18.2 Å². The summed E-state index contributed by atoms with van der Waals surface area (Å²) >= 11 is 6.10. The molecule has 0 spiro atoms. The molecule has 2 heterocycles. The first-order chi connectivity index (χ1) is 14.0. The molecule has 3 aromatic rings. The summed E-state index contributed by atoms with van der Waals surface area (Å²) in [5, 5.41) is 0.996. The lowest BCUT2D eigenvalue weighted by atomic mass is 10.1. The van der Waals surface area contributed by atoms with Crippen LogP contribution in [0.5, 0.6) is 5.75 Å². The highest BCUT2D eigenvalue weighted by Crippen LogP contribution is 2.29. The third-order valence-electron chi connectivity index (χ3n) is 5.12. The van der Waals surface area contributed by atoms with Gasteiger partial charge in [-0.25, -0.2) is 4.79 Å². The number of hydrogen-bond acceptors (Lipinski definition) is 5. The van der Waals surface area contributed by atoms with Crippen LogP contribution in [0.3, 0.4) is 0 Å². The van der Waals surface area contributed by atoms with Crippen LogP contribution in [0, 0.1) is 0 Å². The molecule has 2 aromatic carbocycles. The molecule has 0 radical (unpaired) electrons. The monoisotopic (exact) mass is 412 g/mol. The van der Waals surface area contributed by atoms with Gasteiger partial charge in [0.15, 0.2) is 11.3 Å². The Morgan fingerprint density at radius 1 is 1.10 bits per heavy atom. The van der Waals surface area contributed by atoms with E-state index >= 15 is 0 Å². The Bertz CT molecular complexity index is 1090.